The lowest BCUT2D eigenvalue weighted by molar-refractivity contribution is 0.403. The molecule has 15 heavy (non-hydrogen) atoms. The molecule has 1 fully saturated rings. The summed E-state index contributed by atoms with van der Waals surface area (Å²) in [6, 6.07) is 5.66. The molecule has 0 aliphatic heterocycles. The molecule has 0 spiro atoms. The van der Waals surface area contributed by atoms with Crippen LogP contribution in [0.1, 0.15) is 30.9 Å². The van der Waals surface area contributed by atoms with E-state index in [0.29, 0.717) is 0 Å². The van der Waals surface area contributed by atoms with E-state index in [1.54, 1.807) is 7.11 Å². The lowest BCUT2D eigenvalue weighted by Gasteiger charge is -2.15. The second-order valence-corrected chi connectivity index (χ2v) is 4.61. The zero-order valence-electron chi connectivity index (χ0n) is 8.87. The highest BCUT2D eigenvalue weighted by molar-refractivity contribution is 6.30. The van der Waals surface area contributed by atoms with Crippen LogP contribution in [-0.2, 0) is 0 Å². The topological polar surface area (TPSA) is 35.2 Å². The third-order valence-electron chi connectivity index (χ3n) is 2.88. The first-order valence-electron chi connectivity index (χ1n) is 5.29. The molecular weight excluding hydrogens is 210 g/mol. The average molecular weight is 226 g/mol. The van der Waals surface area contributed by atoms with Crippen molar-refractivity contribution in [2.75, 3.05) is 7.11 Å². The van der Waals surface area contributed by atoms with E-state index >= 15 is 0 Å². The van der Waals surface area contributed by atoms with Gasteiger partial charge in [0.15, 0.2) is 0 Å². The van der Waals surface area contributed by atoms with Gasteiger partial charge in [-0.2, -0.15) is 0 Å². The number of benzene rings is 1. The zero-order valence-corrected chi connectivity index (χ0v) is 9.63. The van der Waals surface area contributed by atoms with Crippen molar-refractivity contribution in [3.05, 3.63) is 28.8 Å². The van der Waals surface area contributed by atoms with Gasteiger partial charge < -0.3 is 10.5 Å². The normalized spacial score (nSPS) is 17.5. The molecule has 1 aromatic carbocycles. The first-order chi connectivity index (χ1) is 7.20. The lowest BCUT2D eigenvalue weighted by Crippen LogP contribution is -2.12. The molecule has 1 atom stereocenters. The maximum Gasteiger partial charge on any atom is 0.123 e. The largest absolute Gasteiger partial charge is 0.496 e. The van der Waals surface area contributed by atoms with E-state index in [4.69, 9.17) is 22.1 Å². The molecule has 0 bridgehead atoms. The highest BCUT2D eigenvalue weighted by Crippen LogP contribution is 2.39. The number of hydrogen-bond acceptors (Lipinski definition) is 2. The standard InChI is InChI=1S/C12H16ClNO/c1-15-12-5-4-9(13)7-10(12)11(14)6-8-2-3-8/h4-5,7-8,11H,2-3,6,14H2,1H3/t11-/m1/s1. The van der Waals surface area contributed by atoms with Crippen LogP contribution in [-0.4, -0.2) is 7.11 Å². The minimum absolute atomic E-state index is 0.0474. The fourth-order valence-corrected chi connectivity index (χ4v) is 2.02. The van der Waals surface area contributed by atoms with Crippen LogP contribution in [0, 0.1) is 5.92 Å². The average Bonchev–Trinajstić information content (AvgIpc) is 3.01. The summed E-state index contributed by atoms with van der Waals surface area (Å²) >= 11 is 5.96. The quantitative estimate of drug-likeness (QED) is 0.855. The lowest BCUT2D eigenvalue weighted by atomic mass is 10.0. The second kappa shape index (κ2) is 4.42. The first-order valence-corrected chi connectivity index (χ1v) is 5.67. The summed E-state index contributed by atoms with van der Waals surface area (Å²) in [6.07, 6.45) is 3.67. The van der Waals surface area contributed by atoms with Gasteiger partial charge in [-0.05, 0) is 30.5 Å². The van der Waals surface area contributed by atoms with Gasteiger partial charge in [0.2, 0.25) is 0 Å². The maximum atomic E-state index is 6.14. The predicted molar refractivity (Wildman–Crippen MR) is 62.3 cm³/mol. The Hall–Kier alpha value is -0.730. The molecule has 1 saturated carbocycles. The molecule has 0 unspecified atom stereocenters. The van der Waals surface area contributed by atoms with Gasteiger partial charge in [-0.15, -0.1) is 0 Å². The Bertz CT molecular complexity index is 349. The SMILES string of the molecule is COc1ccc(Cl)cc1[C@H](N)CC1CC1. The van der Waals surface area contributed by atoms with Gasteiger partial charge in [0.25, 0.3) is 0 Å². The zero-order chi connectivity index (χ0) is 10.8. The van der Waals surface area contributed by atoms with Gasteiger partial charge in [0.05, 0.1) is 7.11 Å². The van der Waals surface area contributed by atoms with Crippen molar-refractivity contribution in [2.24, 2.45) is 11.7 Å². The molecule has 1 aliphatic rings. The van der Waals surface area contributed by atoms with Crippen molar-refractivity contribution in [3.8, 4) is 5.75 Å². The predicted octanol–water partition coefficient (Wildman–Crippen LogP) is 3.15. The minimum Gasteiger partial charge on any atom is -0.496 e. The molecular formula is C12H16ClNO. The van der Waals surface area contributed by atoms with E-state index in [1.165, 1.54) is 12.8 Å². The van der Waals surface area contributed by atoms with Gasteiger partial charge in [0, 0.05) is 16.6 Å². The van der Waals surface area contributed by atoms with Crippen molar-refractivity contribution in [1.29, 1.82) is 0 Å². The first kappa shape index (κ1) is 10.8. The van der Waals surface area contributed by atoms with Crippen molar-refractivity contribution in [3.63, 3.8) is 0 Å². The molecule has 2 N–H and O–H groups in total. The van der Waals surface area contributed by atoms with Crippen LogP contribution in [0.2, 0.25) is 5.02 Å². The molecule has 2 rings (SSSR count). The fraction of sp³-hybridized carbons (Fsp3) is 0.500. The van der Waals surface area contributed by atoms with Crippen molar-refractivity contribution < 1.29 is 4.74 Å². The van der Waals surface area contributed by atoms with E-state index in [1.807, 2.05) is 18.2 Å². The number of methoxy groups -OCH3 is 1. The smallest absolute Gasteiger partial charge is 0.123 e. The Morgan fingerprint density at radius 1 is 1.53 bits per heavy atom. The van der Waals surface area contributed by atoms with Gasteiger partial charge >= 0.3 is 0 Å². The summed E-state index contributed by atoms with van der Waals surface area (Å²) in [5, 5.41) is 0.719. The summed E-state index contributed by atoms with van der Waals surface area (Å²) in [5.41, 5.74) is 7.17. The number of nitrogens with two attached hydrogens (primary N) is 1. The van der Waals surface area contributed by atoms with E-state index in [-0.39, 0.29) is 6.04 Å². The van der Waals surface area contributed by atoms with Gasteiger partial charge in [-0.1, -0.05) is 24.4 Å². The Balaban J connectivity index is 2.18. The van der Waals surface area contributed by atoms with Crippen LogP contribution in [0.5, 0.6) is 5.75 Å². The van der Waals surface area contributed by atoms with Crippen LogP contribution >= 0.6 is 11.6 Å². The Morgan fingerprint density at radius 2 is 2.27 bits per heavy atom. The van der Waals surface area contributed by atoms with Crippen LogP contribution in [0.25, 0.3) is 0 Å². The van der Waals surface area contributed by atoms with Crippen LogP contribution in [0.3, 0.4) is 0 Å². The fourth-order valence-electron chi connectivity index (χ4n) is 1.83. The van der Waals surface area contributed by atoms with Crippen LogP contribution in [0.4, 0.5) is 0 Å². The molecule has 0 heterocycles. The number of rotatable bonds is 4. The summed E-state index contributed by atoms with van der Waals surface area (Å²) in [7, 11) is 1.66. The molecule has 2 nitrogen and oxygen atoms in total. The molecule has 0 radical (unpaired) electrons. The maximum absolute atomic E-state index is 6.14. The van der Waals surface area contributed by atoms with E-state index in [2.05, 4.69) is 0 Å². The summed E-state index contributed by atoms with van der Waals surface area (Å²) in [4.78, 5) is 0. The Labute approximate surface area is 95.4 Å². The van der Waals surface area contributed by atoms with E-state index in [0.717, 1.165) is 28.7 Å². The van der Waals surface area contributed by atoms with E-state index in [9.17, 15) is 0 Å². The number of ether oxygens (including phenoxy) is 1. The van der Waals surface area contributed by atoms with Crippen molar-refractivity contribution in [2.45, 2.75) is 25.3 Å². The molecule has 0 amide bonds. The van der Waals surface area contributed by atoms with Crippen LogP contribution in [0.15, 0.2) is 18.2 Å². The van der Waals surface area contributed by atoms with Crippen LogP contribution < -0.4 is 10.5 Å². The number of halogens is 1. The number of hydrogen-bond donors (Lipinski definition) is 1. The third-order valence-corrected chi connectivity index (χ3v) is 3.11. The Morgan fingerprint density at radius 3 is 2.87 bits per heavy atom. The summed E-state index contributed by atoms with van der Waals surface area (Å²) in [5.74, 6) is 1.65. The monoisotopic (exact) mass is 225 g/mol. The second-order valence-electron chi connectivity index (χ2n) is 4.17. The van der Waals surface area contributed by atoms with Crippen molar-refractivity contribution in [1.82, 2.24) is 0 Å². The highest BCUT2D eigenvalue weighted by atomic mass is 35.5. The third kappa shape index (κ3) is 2.64. The molecule has 1 aromatic rings. The molecule has 0 aromatic heterocycles. The highest BCUT2D eigenvalue weighted by Gasteiger charge is 2.25. The van der Waals surface area contributed by atoms with Crippen molar-refractivity contribution >= 4 is 11.6 Å². The summed E-state index contributed by atoms with van der Waals surface area (Å²) in [6.45, 7) is 0. The summed E-state index contributed by atoms with van der Waals surface area (Å²) < 4.78 is 5.28. The van der Waals surface area contributed by atoms with E-state index < -0.39 is 0 Å². The Kier molecular flexibility index (Phi) is 3.17. The molecule has 1 aliphatic carbocycles. The van der Waals surface area contributed by atoms with Gasteiger partial charge in [-0.3, -0.25) is 0 Å². The van der Waals surface area contributed by atoms with Gasteiger partial charge in [-0.25, -0.2) is 0 Å². The van der Waals surface area contributed by atoms with Gasteiger partial charge in [0.1, 0.15) is 5.75 Å². The molecule has 0 saturated heterocycles. The minimum atomic E-state index is 0.0474. The molecule has 3 heteroatoms. The molecule has 82 valence electrons.